The molecule has 0 radical (unpaired) electrons. The van der Waals surface area contributed by atoms with Crippen LogP contribution in [0.2, 0.25) is 0 Å². The number of rotatable bonds is 6. The van der Waals surface area contributed by atoms with Crippen molar-refractivity contribution in [1.29, 1.82) is 0 Å². The molecule has 0 saturated heterocycles. The van der Waals surface area contributed by atoms with Gasteiger partial charge in [0.1, 0.15) is 10.6 Å². The van der Waals surface area contributed by atoms with Gasteiger partial charge in [-0.1, -0.05) is 0 Å². The second kappa shape index (κ2) is 6.18. The zero-order chi connectivity index (χ0) is 14.6. The highest BCUT2D eigenvalue weighted by molar-refractivity contribution is 7.89. The predicted molar refractivity (Wildman–Crippen MR) is 70.3 cm³/mol. The number of carbonyl (C=O) groups is 1. The molecule has 1 amide bonds. The minimum absolute atomic E-state index is 0.0400. The summed E-state index contributed by atoms with van der Waals surface area (Å²) in [5.74, 6) is -0.374. The molecule has 3 N–H and O–H groups in total. The molecule has 0 fully saturated rings. The molecule has 1 aromatic heterocycles. The van der Waals surface area contributed by atoms with Crippen LogP contribution in [0.25, 0.3) is 0 Å². The van der Waals surface area contributed by atoms with Gasteiger partial charge in [-0.25, -0.2) is 13.1 Å². The Morgan fingerprint density at radius 3 is 2.68 bits per heavy atom. The van der Waals surface area contributed by atoms with Crippen LogP contribution < -0.4 is 10.0 Å². The summed E-state index contributed by atoms with van der Waals surface area (Å²) < 4.78 is 26.8. The Balaban J connectivity index is 2.82. The van der Waals surface area contributed by atoms with Crippen molar-refractivity contribution in [3.63, 3.8) is 0 Å². The number of aliphatic hydroxyl groups excluding tert-OH is 1. The molecule has 7 nitrogen and oxygen atoms in total. The highest BCUT2D eigenvalue weighted by Gasteiger charge is 2.18. The lowest BCUT2D eigenvalue weighted by Gasteiger charge is -2.07. The Labute approximate surface area is 112 Å². The number of aromatic nitrogens is 1. The molecule has 0 spiro atoms. The van der Waals surface area contributed by atoms with Crippen molar-refractivity contribution in [2.24, 2.45) is 7.05 Å². The number of nitrogens with one attached hydrogen (secondary N) is 2. The maximum Gasteiger partial charge on any atom is 0.267 e. The maximum absolute atomic E-state index is 11.8. The summed E-state index contributed by atoms with van der Waals surface area (Å²) in [4.78, 5) is 11.9. The zero-order valence-corrected chi connectivity index (χ0v) is 12.0. The first-order valence-corrected chi connectivity index (χ1v) is 7.32. The smallest absolute Gasteiger partial charge is 0.267 e. The van der Waals surface area contributed by atoms with Crippen LogP contribution in [0, 0.1) is 0 Å². The molecule has 0 bridgehead atoms. The monoisotopic (exact) mass is 289 g/mol. The van der Waals surface area contributed by atoms with Gasteiger partial charge in [0, 0.05) is 19.8 Å². The highest BCUT2D eigenvalue weighted by Crippen LogP contribution is 2.12. The second-order valence-corrected chi connectivity index (χ2v) is 6.16. The lowest BCUT2D eigenvalue weighted by Crippen LogP contribution is -2.28. The molecule has 0 aliphatic rings. The molecule has 19 heavy (non-hydrogen) atoms. The third-order valence-corrected chi connectivity index (χ3v) is 4.02. The van der Waals surface area contributed by atoms with Crippen LogP contribution >= 0.6 is 0 Å². The predicted octanol–water partition coefficient (Wildman–Crippen LogP) is -0.566. The van der Waals surface area contributed by atoms with Crippen molar-refractivity contribution < 1.29 is 18.3 Å². The number of sulfonamides is 1. The third kappa shape index (κ3) is 4.05. The van der Waals surface area contributed by atoms with Gasteiger partial charge < -0.3 is 15.0 Å². The molecule has 0 aromatic carbocycles. The Kier molecular flexibility index (Phi) is 5.10. The van der Waals surface area contributed by atoms with E-state index in [2.05, 4.69) is 10.0 Å². The van der Waals surface area contributed by atoms with E-state index in [0.717, 1.165) is 0 Å². The van der Waals surface area contributed by atoms with Crippen molar-refractivity contribution in [3.8, 4) is 0 Å². The number of nitrogens with zero attached hydrogens (tertiary/aromatic N) is 1. The van der Waals surface area contributed by atoms with E-state index < -0.39 is 16.1 Å². The summed E-state index contributed by atoms with van der Waals surface area (Å²) in [6.45, 7) is 1.96. The van der Waals surface area contributed by atoms with Crippen LogP contribution in [0.3, 0.4) is 0 Å². The molecule has 1 heterocycles. The normalized spacial score (nSPS) is 13.3. The van der Waals surface area contributed by atoms with Crippen molar-refractivity contribution in [2.45, 2.75) is 24.3 Å². The molecule has 1 rings (SSSR count). The molecule has 1 atom stereocenters. The Morgan fingerprint density at radius 2 is 2.16 bits per heavy atom. The van der Waals surface area contributed by atoms with Gasteiger partial charge in [-0.15, -0.1) is 0 Å². The van der Waals surface area contributed by atoms with E-state index >= 15 is 0 Å². The first-order valence-electron chi connectivity index (χ1n) is 5.84. The summed E-state index contributed by atoms with van der Waals surface area (Å²) in [5, 5.41) is 11.7. The lowest BCUT2D eigenvalue weighted by atomic mass is 10.3. The number of carbonyl (C=O) groups excluding carboxylic acids is 1. The topological polar surface area (TPSA) is 100 Å². The van der Waals surface area contributed by atoms with Crippen molar-refractivity contribution in [2.75, 3.05) is 13.6 Å². The zero-order valence-electron chi connectivity index (χ0n) is 11.2. The molecular weight excluding hydrogens is 270 g/mol. The summed E-state index contributed by atoms with van der Waals surface area (Å²) in [6, 6.07) is 1.31. The summed E-state index contributed by atoms with van der Waals surface area (Å²) in [5.41, 5.74) is 0.249. The van der Waals surface area contributed by atoms with Gasteiger partial charge in [0.2, 0.25) is 10.0 Å². The molecule has 1 unspecified atom stereocenters. The fourth-order valence-corrected chi connectivity index (χ4v) is 2.31. The fraction of sp³-hybridized carbons (Fsp3) is 0.545. The molecule has 0 aliphatic heterocycles. The van der Waals surface area contributed by atoms with Gasteiger partial charge in [0.05, 0.1) is 6.10 Å². The Bertz CT molecular complexity index is 548. The van der Waals surface area contributed by atoms with Gasteiger partial charge >= 0.3 is 0 Å². The first kappa shape index (κ1) is 15.7. The molecule has 108 valence electrons. The number of hydrogen-bond acceptors (Lipinski definition) is 4. The van der Waals surface area contributed by atoms with E-state index in [0.29, 0.717) is 13.0 Å². The van der Waals surface area contributed by atoms with E-state index in [9.17, 15) is 13.2 Å². The fourth-order valence-electron chi connectivity index (χ4n) is 1.51. The van der Waals surface area contributed by atoms with Crippen LogP contribution in [0.1, 0.15) is 23.8 Å². The van der Waals surface area contributed by atoms with Gasteiger partial charge in [-0.05, 0) is 26.5 Å². The standard InChI is InChI=1S/C11H19N3O4S/c1-8(15)4-5-13-11(16)10-6-9(7-14(10)3)19(17,18)12-2/h6-8,12,15H,4-5H2,1-3H3,(H,13,16). The largest absolute Gasteiger partial charge is 0.393 e. The lowest BCUT2D eigenvalue weighted by molar-refractivity contribution is 0.0937. The highest BCUT2D eigenvalue weighted by atomic mass is 32.2. The van der Waals surface area contributed by atoms with Crippen LogP contribution in [0.15, 0.2) is 17.2 Å². The number of hydrogen-bond donors (Lipinski definition) is 3. The summed E-state index contributed by atoms with van der Waals surface area (Å²) in [7, 11) is -0.652. The molecular formula is C11H19N3O4S. The third-order valence-electron chi connectivity index (χ3n) is 2.64. The van der Waals surface area contributed by atoms with E-state index in [4.69, 9.17) is 5.11 Å². The summed E-state index contributed by atoms with van der Waals surface area (Å²) >= 11 is 0. The van der Waals surface area contributed by atoms with Gasteiger partial charge in [-0.2, -0.15) is 0 Å². The average molecular weight is 289 g/mol. The second-order valence-electron chi connectivity index (χ2n) is 4.27. The van der Waals surface area contributed by atoms with Crippen molar-refractivity contribution in [3.05, 3.63) is 18.0 Å². The van der Waals surface area contributed by atoms with Gasteiger partial charge in [0.25, 0.3) is 5.91 Å². The van der Waals surface area contributed by atoms with Crippen LogP contribution in [0.5, 0.6) is 0 Å². The Morgan fingerprint density at radius 1 is 1.53 bits per heavy atom. The van der Waals surface area contributed by atoms with Crippen LogP contribution in [-0.2, 0) is 17.1 Å². The number of aryl methyl sites for hydroxylation is 1. The molecule has 8 heteroatoms. The minimum atomic E-state index is -3.56. The molecule has 0 saturated carbocycles. The molecule has 0 aliphatic carbocycles. The SMILES string of the molecule is CNS(=O)(=O)c1cc(C(=O)NCCC(C)O)n(C)c1. The van der Waals surface area contributed by atoms with Gasteiger partial charge in [0.15, 0.2) is 0 Å². The maximum atomic E-state index is 11.8. The number of amides is 1. The van der Waals surface area contributed by atoms with E-state index in [1.165, 1.54) is 23.9 Å². The van der Waals surface area contributed by atoms with E-state index in [1.54, 1.807) is 14.0 Å². The van der Waals surface area contributed by atoms with Crippen LogP contribution in [-0.4, -0.2) is 43.7 Å². The summed E-state index contributed by atoms with van der Waals surface area (Å²) in [6.07, 6.45) is 1.32. The van der Waals surface area contributed by atoms with Gasteiger partial charge in [-0.3, -0.25) is 4.79 Å². The van der Waals surface area contributed by atoms with Crippen molar-refractivity contribution in [1.82, 2.24) is 14.6 Å². The van der Waals surface area contributed by atoms with E-state index in [-0.39, 0.29) is 16.5 Å². The average Bonchev–Trinajstić information content (AvgIpc) is 2.71. The van der Waals surface area contributed by atoms with Crippen LogP contribution in [0.4, 0.5) is 0 Å². The van der Waals surface area contributed by atoms with Crippen molar-refractivity contribution >= 4 is 15.9 Å². The minimum Gasteiger partial charge on any atom is -0.393 e. The molecule has 1 aromatic rings. The Hall–Kier alpha value is -1.38. The number of aliphatic hydroxyl groups is 1. The van der Waals surface area contributed by atoms with E-state index in [1.807, 2.05) is 0 Å². The quantitative estimate of drug-likeness (QED) is 0.653. The first-order chi connectivity index (χ1) is 8.77.